The number of phenolic OH excluding ortho intramolecular Hbond substituents is 2. The first kappa shape index (κ1) is 17.0. The van der Waals surface area contributed by atoms with E-state index in [1.54, 1.807) is 24.3 Å². The number of benzene rings is 3. The van der Waals surface area contributed by atoms with Gasteiger partial charge in [0, 0.05) is 28.8 Å². The van der Waals surface area contributed by atoms with Crippen LogP contribution < -0.4 is 34.3 Å². The van der Waals surface area contributed by atoms with Crippen molar-refractivity contribution in [3.05, 3.63) is 82.9 Å². The molecule has 0 saturated carbocycles. The van der Waals surface area contributed by atoms with E-state index in [0.29, 0.717) is 33.8 Å². The Hall–Kier alpha value is -2.47. The molecule has 3 aromatic carbocycles. The molecule has 3 aromatic rings. The molecule has 0 atom stereocenters. The molecule has 5 rings (SSSR count). The van der Waals surface area contributed by atoms with E-state index >= 15 is 0 Å². The van der Waals surface area contributed by atoms with E-state index in [1.807, 2.05) is 12.1 Å². The van der Waals surface area contributed by atoms with Crippen molar-refractivity contribution in [1.29, 1.82) is 0 Å². The second-order valence-corrected chi connectivity index (χ2v) is 6.08. The minimum absolute atomic E-state index is 0. The summed E-state index contributed by atoms with van der Waals surface area (Å²) in [6.07, 6.45) is 0. The maximum atomic E-state index is 12.5. The van der Waals surface area contributed by atoms with E-state index in [0.717, 1.165) is 0 Å². The van der Waals surface area contributed by atoms with Crippen LogP contribution in [0, 0.1) is 0 Å². The van der Waals surface area contributed by atoms with Crippen LogP contribution in [-0.2, 0) is 10.3 Å². The van der Waals surface area contributed by atoms with Gasteiger partial charge in [0.1, 0.15) is 23.0 Å². The zero-order valence-electron chi connectivity index (χ0n) is 13.9. The summed E-state index contributed by atoms with van der Waals surface area (Å²) in [4.78, 5) is 12.5. The van der Waals surface area contributed by atoms with Crippen LogP contribution in [0.15, 0.2) is 60.7 Å². The molecule has 0 radical (unpaired) electrons. The van der Waals surface area contributed by atoms with Crippen molar-refractivity contribution in [2.45, 2.75) is 5.60 Å². The molecule has 5 nitrogen and oxygen atoms in total. The Bertz CT molecular complexity index is 1010. The third-order valence-corrected chi connectivity index (χ3v) is 4.68. The monoisotopic (exact) mass is 355 g/mol. The third-order valence-electron chi connectivity index (χ3n) is 4.68. The van der Waals surface area contributed by atoms with E-state index in [-0.39, 0.29) is 41.1 Å². The molecule has 0 aliphatic carbocycles. The maximum absolute atomic E-state index is 12.5. The van der Waals surface area contributed by atoms with Gasteiger partial charge in [0.15, 0.2) is 5.60 Å². The van der Waals surface area contributed by atoms with Crippen LogP contribution in [0.1, 0.15) is 27.0 Å². The molecule has 2 heterocycles. The van der Waals surface area contributed by atoms with Crippen LogP contribution in [0.3, 0.4) is 0 Å². The van der Waals surface area contributed by atoms with Crippen molar-refractivity contribution in [3.63, 3.8) is 0 Å². The van der Waals surface area contributed by atoms with Gasteiger partial charge in [-0.05, 0) is 30.3 Å². The first-order valence-corrected chi connectivity index (χ1v) is 7.77. The Labute approximate surface area is 171 Å². The van der Waals surface area contributed by atoms with Gasteiger partial charge in [-0.1, -0.05) is 18.2 Å². The van der Waals surface area contributed by atoms with Gasteiger partial charge in [-0.2, -0.15) is 0 Å². The summed E-state index contributed by atoms with van der Waals surface area (Å²) in [6, 6.07) is 16.6. The van der Waals surface area contributed by atoms with Crippen molar-refractivity contribution in [2.75, 3.05) is 0 Å². The molecule has 0 unspecified atom stereocenters. The fraction of sp³-hybridized carbons (Fsp3) is 0.0500. The largest absolute Gasteiger partial charge is 1.00 e. The Balaban J connectivity index is 0.00000168. The molecular formula is C20H12NaO5+. The number of fused-ring (bicyclic) bond motifs is 6. The molecule has 6 heteroatoms. The second-order valence-electron chi connectivity index (χ2n) is 6.08. The molecule has 0 bridgehead atoms. The standard InChI is InChI=1S/C20H12O5.Na/c21-11-5-7-15-17(9-11)24-18-10-12(22)6-8-16(18)20(15)14-4-2-1-3-13(14)19(23)25-20;/h1-10,21-22H;/q;+1. The van der Waals surface area contributed by atoms with E-state index < -0.39 is 11.6 Å². The predicted octanol–water partition coefficient (Wildman–Crippen LogP) is 0.670. The van der Waals surface area contributed by atoms with Crippen LogP contribution in [0.25, 0.3) is 0 Å². The zero-order valence-corrected chi connectivity index (χ0v) is 15.9. The van der Waals surface area contributed by atoms with Crippen molar-refractivity contribution < 1.29 is 54.0 Å². The Morgan fingerprint density at radius 2 is 1.35 bits per heavy atom. The minimum Gasteiger partial charge on any atom is -0.508 e. The second kappa shape index (κ2) is 5.77. The fourth-order valence-electron chi connectivity index (χ4n) is 3.65. The molecule has 0 amide bonds. The van der Waals surface area contributed by atoms with Crippen LogP contribution in [-0.4, -0.2) is 16.2 Å². The molecule has 0 aromatic heterocycles. The molecule has 2 aliphatic heterocycles. The smallest absolute Gasteiger partial charge is 0.508 e. The molecule has 0 saturated heterocycles. The van der Waals surface area contributed by atoms with Gasteiger partial charge >= 0.3 is 35.5 Å². The summed E-state index contributed by atoms with van der Waals surface area (Å²) in [5.41, 5.74) is 1.28. The van der Waals surface area contributed by atoms with Gasteiger partial charge in [-0.15, -0.1) is 0 Å². The van der Waals surface area contributed by atoms with Crippen molar-refractivity contribution in [1.82, 2.24) is 0 Å². The number of carbonyl (C=O) groups is 1. The molecule has 1 spiro atoms. The first-order chi connectivity index (χ1) is 12.1. The molecular weight excluding hydrogens is 343 g/mol. The van der Waals surface area contributed by atoms with Crippen LogP contribution in [0.5, 0.6) is 23.0 Å². The topological polar surface area (TPSA) is 76.0 Å². The number of aromatic hydroxyl groups is 2. The van der Waals surface area contributed by atoms with Gasteiger partial charge in [-0.3, -0.25) is 0 Å². The summed E-state index contributed by atoms with van der Waals surface area (Å²) < 4.78 is 11.8. The Morgan fingerprint density at radius 3 is 1.96 bits per heavy atom. The average Bonchev–Trinajstić information content (AvgIpc) is 2.88. The number of hydrogen-bond acceptors (Lipinski definition) is 5. The van der Waals surface area contributed by atoms with Gasteiger partial charge < -0.3 is 19.7 Å². The van der Waals surface area contributed by atoms with E-state index in [1.165, 1.54) is 24.3 Å². The van der Waals surface area contributed by atoms with Gasteiger partial charge in [0.05, 0.1) is 5.56 Å². The molecule has 26 heavy (non-hydrogen) atoms. The number of carbonyl (C=O) groups excluding carboxylic acids is 1. The molecule has 0 fully saturated rings. The number of rotatable bonds is 0. The van der Waals surface area contributed by atoms with Crippen molar-refractivity contribution in [3.8, 4) is 23.0 Å². The van der Waals surface area contributed by atoms with Crippen LogP contribution in [0.4, 0.5) is 0 Å². The predicted molar refractivity (Wildman–Crippen MR) is 88.0 cm³/mol. The van der Waals surface area contributed by atoms with E-state index in [4.69, 9.17) is 9.47 Å². The molecule has 2 N–H and O–H groups in total. The minimum atomic E-state index is -1.17. The number of hydrogen-bond donors (Lipinski definition) is 2. The Kier molecular flexibility index (Phi) is 3.77. The average molecular weight is 355 g/mol. The SMILES string of the molecule is O=C1OC2(c3ccc(O)cc3Oc3cc(O)ccc32)c2ccccc21.[Na+]. The van der Waals surface area contributed by atoms with Gasteiger partial charge in [-0.25, -0.2) is 4.79 Å². The van der Waals surface area contributed by atoms with Crippen LogP contribution >= 0.6 is 0 Å². The molecule has 122 valence electrons. The fourth-order valence-corrected chi connectivity index (χ4v) is 3.65. The number of esters is 1. The van der Waals surface area contributed by atoms with E-state index in [9.17, 15) is 15.0 Å². The summed E-state index contributed by atoms with van der Waals surface area (Å²) in [6.45, 7) is 0. The quantitative estimate of drug-likeness (QED) is 0.458. The summed E-state index contributed by atoms with van der Waals surface area (Å²) in [5, 5.41) is 19.7. The normalized spacial score (nSPS) is 15.2. The summed E-state index contributed by atoms with van der Waals surface area (Å²) >= 11 is 0. The number of phenols is 2. The summed E-state index contributed by atoms with van der Waals surface area (Å²) in [5.74, 6) is 0.408. The van der Waals surface area contributed by atoms with E-state index in [2.05, 4.69) is 0 Å². The zero-order chi connectivity index (χ0) is 17.2. The van der Waals surface area contributed by atoms with Crippen LogP contribution in [0.2, 0.25) is 0 Å². The first-order valence-electron chi connectivity index (χ1n) is 7.77. The number of ether oxygens (including phenoxy) is 2. The Morgan fingerprint density at radius 1 is 0.769 bits per heavy atom. The molecule has 2 aliphatic rings. The van der Waals surface area contributed by atoms with Gasteiger partial charge in [0.2, 0.25) is 0 Å². The van der Waals surface area contributed by atoms with Crippen molar-refractivity contribution >= 4 is 5.97 Å². The third kappa shape index (κ3) is 2.11. The summed E-state index contributed by atoms with van der Waals surface area (Å²) in [7, 11) is 0. The van der Waals surface area contributed by atoms with Gasteiger partial charge in [0.25, 0.3) is 0 Å². The maximum Gasteiger partial charge on any atom is 1.00 e. The van der Waals surface area contributed by atoms with Crippen molar-refractivity contribution in [2.24, 2.45) is 0 Å².